The molecule has 0 aliphatic heterocycles. The SMILES string of the molecule is CCOc1ccc(S(=O)(=O)NC(C)C2(c3ccc(Br)cc3)CC2)cc1. The second-order valence-electron chi connectivity index (χ2n) is 6.41. The van der Waals surface area contributed by atoms with E-state index in [0.717, 1.165) is 17.3 Å². The van der Waals surface area contributed by atoms with E-state index in [2.05, 4.69) is 32.8 Å². The second kappa shape index (κ2) is 7.09. The number of sulfonamides is 1. The topological polar surface area (TPSA) is 55.4 Å². The van der Waals surface area contributed by atoms with Gasteiger partial charge in [-0.1, -0.05) is 28.1 Å². The quantitative estimate of drug-likeness (QED) is 0.723. The highest BCUT2D eigenvalue weighted by Gasteiger charge is 2.49. The molecule has 25 heavy (non-hydrogen) atoms. The molecule has 1 aliphatic rings. The predicted molar refractivity (Wildman–Crippen MR) is 102 cm³/mol. The Morgan fingerprint density at radius 2 is 1.72 bits per heavy atom. The molecular formula is C19H22BrNO3S. The number of rotatable bonds is 7. The average molecular weight is 424 g/mol. The molecule has 0 aromatic heterocycles. The Hall–Kier alpha value is -1.37. The van der Waals surface area contributed by atoms with E-state index in [-0.39, 0.29) is 16.4 Å². The Morgan fingerprint density at radius 1 is 1.12 bits per heavy atom. The van der Waals surface area contributed by atoms with E-state index < -0.39 is 10.0 Å². The van der Waals surface area contributed by atoms with Crippen LogP contribution in [0.1, 0.15) is 32.3 Å². The van der Waals surface area contributed by atoms with Crippen molar-refractivity contribution in [1.82, 2.24) is 4.72 Å². The maximum Gasteiger partial charge on any atom is 0.240 e. The van der Waals surface area contributed by atoms with Gasteiger partial charge in [-0.25, -0.2) is 13.1 Å². The summed E-state index contributed by atoms with van der Waals surface area (Å²) in [5, 5.41) is 0. The maximum atomic E-state index is 12.7. The van der Waals surface area contributed by atoms with Crippen LogP contribution in [-0.4, -0.2) is 21.1 Å². The third-order valence-corrected chi connectivity index (χ3v) is 6.90. The van der Waals surface area contributed by atoms with Gasteiger partial charge in [0.2, 0.25) is 10.0 Å². The van der Waals surface area contributed by atoms with Gasteiger partial charge in [-0.3, -0.25) is 0 Å². The molecule has 1 atom stereocenters. The third-order valence-electron chi connectivity index (χ3n) is 4.81. The van der Waals surface area contributed by atoms with Crippen LogP contribution in [0.2, 0.25) is 0 Å². The normalized spacial score (nSPS) is 17.1. The van der Waals surface area contributed by atoms with Gasteiger partial charge in [0.05, 0.1) is 11.5 Å². The first kappa shape index (κ1) is 18.4. The number of hydrogen-bond donors (Lipinski definition) is 1. The second-order valence-corrected chi connectivity index (χ2v) is 9.04. The van der Waals surface area contributed by atoms with Gasteiger partial charge in [0.25, 0.3) is 0 Å². The van der Waals surface area contributed by atoms with Crippen molar-refractivity contribution < 1.29 is 13.2 Å². The minimum Gasteiger partial charge on any atom is -0.494 e. The van der Waals surface area contributed by atoms with E-state index in [4.69, 9.17) is 4.74 Å². The van der Waals surface area contributed by atoms with Crippen molar-refractivity contribution in [2.75, 3.05) is 6.61 Å². The van der Waals surface area contributed by atoms with Crippen molar-refractivity contribution in [3.63, 3.8) is 0 Å². The van der Waals surface area contributed by atoms with Gasteiger partial charge >= 0.3 is 0 Å². The van der Waals surface area contributed by atoms with E-state index in [1.165, 1.54) is 5.56 Å². The monoisotopic (exact) mass is 423 g/mol. The molecule has 2 aromatic rings. The van der Waals surface area contributed by atoms with Gasteiger partial charge < -0.3 is 4.74 Å². The lowest BCUT2D eigenvalue weighted by molar-refractivity contribution is 0.340. The van der Waals surface area contributed by atoms with Gasteiger partial charge in [-0.2, -0.15) is 0 Å². The smallest absolute Gasteiger partial charge is 0.240 e. The van der Waals surface area contributed by atoms with Crippen LogP contribution in [0, 0.1) is 0 Å². The zero-order valence-electron chi connectivity index (χ0n) is 14.3. The number of nitrogens with one attached hydrogen (secondary N) is 1. The highest BCUT2D eigenvalue weighted by atomic mass is 79.9. The highest BCUT2D eigenvalue weighted by molar-refractivity contribution is 9.10. The number of halogens is 1. The number of benzene rings is 2. The Morgan fingerprint density at radius 3 is 2.24 bits per heavy atom. The summed E-state index contributed by atoms with van der Waals surface area (Å²) >= 11 is 3.44. The molecule has 1 unspecified atom stereocenters. The van der Waals surface area contributed by atoms with Crippen molar-refractivity contribution in [3.05, 3.63) is 58.6 Å². The molecule has 0 spiro atoms. The standard InChI is InChI=1S/C19H22BrNO3S/c1-3-24-17-8-10-18(11-9-17)25(22,23)21-14(2)19(12-13-19)15-4-6-16(20)7-5-15/h4-11,14,21H,3,12-13H2,1-2H3. The summed E-state index contributed by atoms with van der Waals surface area (Å²) < 4.78 is 34.7. The molecular weight excluding hydrogens is 402 g/mol. The summed E-state index contributed by atoms with van der Waals surface area (Å²) in [6, 6.07) is 14.5. The Labute approximate surface area is 157 Å². The molecule has 1 saturated carbocycles. The molecule has 1 aliphatic carbocycles. The van der Waals surface area contributed by atoms with Crippen LogP contribution in [-0.2, 0) is 15.4 Å². The van der Waals surface area contributed by atoms with Crippen LogP contribution in [0.5, 0.6) is 5.75 Å². The summed E-state index contributed by atoms with van der Waals surface area (Å²) in [7, 11) is -3.57. The molecule has 0 radical (unpaired) electrons. The summed E-state index contributed by atoms with van der Waals surface area (Å²) in [5.74, 6) is 0.669. The van der Waals surface area contributed by atoms with Gasteiger partial charge in [-0.15, -0.1) is 0 Å². The molecule has 0 heterocycles. The third kappa shape index (κ3) is 3.91. The summed E-state index contributed by atoms with van der Waals surface area (Å²) in [5.41, 5.74) is 1.07. The first-order valence-electron chi connectivity index (χ1n) is 8.39. The van der Waals surface area contributed by atoms with Gasteiger partial charge in [0.15, 0.2) is 0 Å². The Kier molecular flexibility index (Phi) is 5.23. The molecule has 134 valence electrons. The zero-order valence-corrected chi connectivity index (χ0v) is 16.7. The largest absolute Gasteiger partial charge is 0.494 e. The molecule has 6 heteroatoms. The Bertz CT molecular complexity index is 828. The maximum absolute atomic E-state index is 12.7. The number of hydrogen-bond acceptors (Lipinski definition) is 3. The van der Waals surface area contributed by atoms with Crippen molar-refractivity contribution in [3.8, 4) is 5.75 Å². The fourth-order valence-corrected chi connectivity index (χ4v) is 4.77. The fourth-order valence-electron chi connectivity index (χ4n) is 3.18. The lowest BCUT2D eigenvalue weighted by atomic mass is 9.90. The van der Waals surface area contributed by atoms with E-state index in [9.17, 15) is 8.42 Å². The van der Waals surface area contributed by atoms with Crippen LogP contribution in [0.4, 0.5) is 0 Å². The molecule has 0 saturated heterocycles. The van der Waals surface area contributed by atoms with Crippen molar-refractivity contribution >= 4 is 26.0 Å². The van der Waals surface area contributed by atoms with Crippen molar-refractivity contribution in [2.24, 2.45) is 0 Å². The number of ether oxygens (including phenoxy) is 1. The summed E-state index contributed by atoms with van der Waals surface area (Å²) in [6.45, 7) is 4.39. The van der Waals surface area contributed by atoms with E-state index in [0.29, 0.717) is 12.4 Å². The fraction of sp³-hybridized carbons (Fsp3) is 0.368. The zero-order chi connectivity index (χ0) is 18.1. The van der Waals surface area contributed by atoms with Gasteiger partial charge in [-0.05, 0) is 68.7 Å². The van der Waals surface area contributed by atoms with Crippen LogP contribution in [0.25, 0.3) is 0 Å². The van der Waals surface area contributed by atoms with E-state index in [1.54, 1.807) is 24.3 Å². The molecule has 1 N–H and O–H groups in total. The van der Waals surface area contributed by atoms with E-state index in [1.807, 2.05) is 26.0 Å². The first-order chi connectivity index (χ1) is 11.9. The minimum atomic E-state index is -3.57. The lowest BCUT2D eigenvalue weighted by Gasteiger charge is -2.25. The van der Waals surface area contributed by atoms with Crippen LogP contribution in [0.3, 0.4) is 0 Å². The molecule has 4 nitrogen and oxygen atoms in total. The molecule has 3 rings (SSSR count). The lowest BCUT2D eigenvalue weighted by Crippen LogP contribution is -2.41. The van der Waals surface area contributed by atoms with Crippen LogP contribution >= 0.6 is 15.9 Å². The first-order valence-corrected chi connectivity index (χ1v) is 10.7. The minimum absolute atomic E-state index is 0.112. The van der Waals surface area contributed by atoms with Gasteiger partial charge in [0.1, 0.15) is 5.75 Å². The molecule has 0 amide bonds. The average Bonchev–Trinajstić information content (AvgIpc) is 3.38. The van der Waals surface area contributed by atoms with E-state index >= 15 is 0 Å². The van der Waals surface area contributed by atoms with Crippen molar-refractivity contribution in [1.29, 1.82) is 0 Å². The predicted octanol–water partition coefficient (Wildman–Crippen LogP) is 4.25. The molecule has 2 aromatic carbocycles. The van der Waals surface area contributed by atoms with Crippen LogP contribution < -0.4 is 9.46 Å². The summed E-state index contributed by atoms with van der Waals surface area (Å²) in [4.78, 5) is 0.259. The van der Waals surface area contributed by atoms with Crippen molar-refractivity contribution in [2.45, 2.75) is 43.0 Å². The van der Waals surface area contributed by atoms with Crippen LogP contribution in [0.15, 0.2) is 57.9 Å². The summed E-state index contributed by atoms with van der Waals surface area (Å²) in [6.07, 6.45) is 1.98. The molecule has 0 bridgehead atoms. The molecule has 1 fully saturated rings. The van der Waals surface area contributed by atoms with Gasteiger partial charge in [0, 0.05) is 15.9 Å². The Balaban J connectivity index is 1.77. The highest BCUT2D eigenvalue weighted by Crippen LogP contribution is 2.51.